The molecule has 0 spiro atoms. The second kappa shape index (κ2) is 7.57. The maximum absolute atomic E-state index is 6.13. The number of hydrogen-bond donors (Lipinski definition) is 1. The van der Waals surface area contributed by atoms with Crippen LogP contribution in [-0.4, -0.2) is 16.3 Å². The van der Waals surface area contributed by atoms with Gasteiger partial charge in [0.2, 0.25) is 5.88 Å². The number of nitrogens with zero attached hydrogens (tertiary/aromatic N) is 2. The molecule has 0 radical (unpaired) electrons. The largest absolute Gasteiger partial charge is 0.463 e. The first-order chi connectivity index (χ1) is 13.5. The predicted molar refractivity (Wildman–Crippen MR) is 116 cm³/mol. The molecular formula is C24H31N3O. The minimum absolute atomic E-state index is 0.509. The minimum Gasteiger partial charge on any atom is -0.463 e. The summed E-state index contributed by atoms with van der Waals surface area (Å²) in [4.78, 5) is 9.13. The van der Waals surface area contributed by atoms with E-state index in [1.54, 1.807) is 12.3 Å². The highest BCUT2D eigenvalue weighted by Gasteiger charge is 2.34. The van der Waals surface area contributed by atoms with Crippen LogP contribution < -0.4 is 10.5 Å². The maximum atomic E-state index is 6.13. The van der Waals surface area contributed by atoms with Crippen LogP contribution in [-0.2, 0) is 0 Å². The third kappa shape index (κ3) is 3.65. The van der Waals surface area contributed by atoms with Gasteiger partial charge in [-0.3, -0.25) is 0 Å². The zero-order chi connectivity index (χ0) is 19.7. The van der Waals surface area contributed by atoms with Crippen molar-refractivity contribution in [3.05, 3.63) is 47.7 Å². The Morgan fingerprint density at radius 3 is 2.46 bits per heavy atom. The lowest BCUT2D eigenvalue weighted by molar-refractivity contribution is 0.171. The summed E-state index contributed by atoms with van der Waals surface area (Å²) in [5.41, 5.74) is 10.2. The maximum Gasteiger partial charge on any atom is 0.243 e. The Morgan fingerprint density at radius 1 is 1.07 bits per heavy atom. The van der Waals surface area contributed by atoms with E-state index < -0.39 is 5.60 Å². The summed E-state index contributed by atoms with van der Waals surface area (Å²) in [5, 5.41) is 0. The van der Waals surface area contributed by atoms with Gasteiger partial charge in [0, 0.05) is 11.8 Å². The molecule has 0 saturated heterocycles. The van der Waals surface area contributed by atoms with Gasteiger partial charge in [-0.15, -0.1) is 0 Å². The van der Waals surface area contributed by atoms with E-state index in [1.165, 1.54) is 44.1 Å². The van der Waals surface area contributed by atoms with E-state index in [0.717, 1.165) is 17.2 Å². The number of hydrogen-bond acceptors (Lipinski definition) is 4. The number of ether oxygens (including phenoxy) is 1. The molecule has 2 aliphatic rings. The molecule has 2 aromatic rings. The van der Waals surface area contributed by atoms with Crippen LogP contribution in [0.3, 0.4) is 0 Å². The van der Waals surface area contributed by atoms with Gasteiger partial charge in [-0.25, -0.2) is 9.98 Å². The highest BCUT2D eigenvalue weighted by molar-refractivity contribution is 6.09. The van der Waals surface area contributed by atoms with Crippen LogP contribution in [0.4, 0.5) is 11.4 Å². The predicted octanol–water partition coefficient (Wildman–Crippen LogP) is 6.03. The van der Waals surface area contributed by atoms with E-state index >= 15 is 0 Å². The molecule has 1 fully saturated rings. The van der Waals surface area contributed by atoms with Crippen LogP contribution in [0.5, 0.6) is 5.88 Å². The summed E-state index contributed by atoms with van der Waals surface area (Å²) < 4.78 is 6.13. The summed E-state index contributed by atoms with van der Waals surface area (Å²) in [7, 11) is 0. The number of rotatable bonds is 4. The molecule has 2 heterocycles. The van der Waals surface area contributed by atoms with E-state index in [9.17, 15) is 0 Å². The molecular weight excluding hydrogens is 346 g/mol. The Labute approximate surface area is 168 Å². The van der Waals surface area contributed by atoms with Crippen LogP contribution in [0.25, 0.3) is 0 Å². The smallest absolute Gasteiger partial charge is 0.243 e. The molecule has 1 aliphatic carbocycles. The monoisotopic (exact) mass is 377 g/mol. The number of aromatic nitrogens is 1. The van der Waals surface area contributed by atoms with Crippen molar-refractivity contribution in [1.29, 1.82) is 0 Å². The standard InChI is InChI=1S/C24H31N3O/c1-4-5-16-6-8-17(9-7-16)18-10-12-19(13-11-18)22-24(2,3)28-23-21(27-22)20(25)14-15-26-23/h10-17H,4-9H2,1-3H3,(H2,25,26). The zero-order valence-corrected chi connectivity index (χ0v) is 17.2. The molecule has 28 heavy (non-hydrogen) atoms. The van der Waals surface area contributed by atoms with Gasteiger partial charge >= 0.3 is 0 Å². The van der Waals surface area contributed by atoms with Crippen molar-refractivity contribution in [2.75, 3.05) is 5.73 Å². The van der Waals surface area contributed by atoms with Gasteiger partial charge in [0.1, 0.15) is 11.3 Å². The average Bonchev–Trinajstić information content (AvgIpc) is 2.68. The van der Waals surface area contributed by atoms with Gasteiger partial charge < -0.3 is 10.5 Å². The van der Waals surface area contributed by atoms with Crippen molar-refractivity contribution >= 4 is 17.1 Å². The van der Waals surface area contributed by atoms with Gasteiger partial charge in [-0.05, 0) is 63.0 Å². The average molecular weight is 378 g/mol. The normalized spacial score (nSPS) is 23.5. The molecule has 0 unspecified atom stereocenters. The van der Waals surface area contributed by atoms with Crippen LogP contribution in [0.1, 0.15) is 76.3 Å². The van der Waals surface area contributed by atoms with Gasteiger partial charge in [0.25, 0.3) is 0 Å². The quantitative estimate of drug-likeness (QED) is 0.707. The van der Waals surface area contributed by atoms with Crippen molar-refractivity contribution in [1.82, 2.24) is 4.98 Å². The fraction of sp³-hybridized carbons (Fsp3) is 0.500. The summed E-state index contributed by atoms with van der Waals surface area (Å²) in [6, 6.07) is 10.7. The Morgan fingerprint density at radius 2 is 1.79 bits per heavy atom. The Bertz CT molecular complexity index is 862. The van der Waals surface area contributed by atoms with E-state index in [2.05, 4.69) is 36.2 Å². The van der Waals surface area contributed by atoms with Crippen LogP contribution in [0.2, 0.25) is 0 Å². The van der Waals surface area contributed by atoms with Crippen LogP contribution >= 0.6 is 0 Å². The number of anilines is 1. The molecule has 4 nitrogen and oxygen atoms in total. The third-order valence-electron chi connectivity index (χ3n) is 6.27. The van der Waals surface area contributed by atoms with Crippen molar-refractivity contribution in [3.8, 4) is 5.88 Å². The first-order valence-electron chi connectivity index (χ1n) is 10.6. The second-order valence-electron chi connectivity index (χ2n) is 8.76. The fourth-order valence-electron chi connectivity index (χ4n) is 4.69. The first kappa shape index (κ1) is 19.0. The molecule has 1 aromatic carbocycles. The second-order valence-corrected chi connectivity index (χ2v) is 8.76. The lowest BCUT2D eigenvalue weighted by atomic mass is 9.77. The molecule has 0 atom stereocenters. The van der Waals surface area contributed by atoms with Gasteiger partial charge in [-0.1, -0.05) is 44.0 Å². The summed E-state index contributed by atoms with van der Waals surface area (Å²) in [6.07, 6.45) is 9.74. The van der Waals surface area contributed by atoms with Gasteiger partial charge in [0.15, 0.2) is 0 Å². The van der Waals surface area contributed by atoms with Crippen molar-refractivity contribution in [2.24, 2.45) is 10.9 Å². The van der Waals surface area contributed by atoms with E-state index in [1.807, 2.05) is 13.8 Å². The van der Waals surface area contributed by atoms with Crippen LogP contribution in [0, 0.1) is 5.92 Å². The lowest BCUT2D eigenvalue weighted by Gasteiger charge is -2.32. The highest BCUT2D eigenvalue weighted by Crippen LogP contribution is 2.41. The molecule has 1 aliphatic heterocycles. The number of fused-ring (bicyclic) bond motifs is 1. The molecule has 0 amide bonds. The first-order valence-corrected chi connectivity index (χ1v) is 10.6. The number of aliphatic imine (C=N–C) groups is 1. The van der Waals surface area contributed by atoms with Gasteiger partial charge in [0.05, 0.1) is 11.4 Å². The summed E-state index contributed by atoms with van der Waals surface area (Å²) in [5.74, 6) is 2.14. The Kier molecular flexibility index (Phi) is 5.13. The Balaban J connectivity index is 1.56. The molecule has 148 valence electrons. The SMILES string of the molecule is CCCC1CCC(c2ccc(C3=Nc4c(N)ccnc4OC3(C)C)cc2)CC1. The van der Waals surface area contributed by atoms with E-state index in [-0.39, 0.29) is 0 Å². The molecule has 4 rings (SSSR count). The van der Waals surface area contributed by atoms with Crippen molar-refractivity contribution in [2.45, 2.75) is 70.8 Å². The summed E-state index contributed by atoms with van der Waals surface area (Å²) in [6.45, 7) is 6.36. The summed E-state index contributed by atoms with van der Waals surface area (Å²) >= 11 is 0. The minimum atomic E-state index is -0.548. The lowest BCUT2D eigenvalue weighted by Crippen LogP contribution is -2.41. The zero-order valence-electron chi connectivity index (χ0n) is 17.2. The van der Waals surface area contributed by atoms with E-state index in [0.29, 0.717) is 23.2 Å². The van der Waals surface area contributed by atoms with E-state index in [4.69, 9.17) is 15.5 Å². The highest BCUT2D eigenvalue weighted by atomic mass is 16.5. The number of nitrogen functional groups attached to an aromatic ring is 1. The van der Waals surface area contributed by atoms with Crippen molar-refractivity contribution < 1.29 is 4.74 Å². The van der Waals surface area contributed by atoms with Crippen molar-refractivity contribution in [3.63, 3.8) is 0 Å². The van der Waals surface area contributed by atoms with Crippen LogP contribution in [0.15, 0.2) is 41.5 Å². The number of pyridine rings is 1. The Hall–Kier alpha value is -2.36. The molecule has 4 heteroatoms. The fourth-order valence-corrected chi connectivity index (χ4v) is 4.69. The number of benzene rings is 1. The molecule has 0 bridgehead atoms. The molecule has 1 aromatic heterocycles. The third-order valence-corrected chi connectivity index (χ3v) is 6.27. The molecule has 2 N–H and O–H groups in total. The number of nitrogens with two attached hydrogens (primary N) is 1. The molecule has 1 saturated carbocycles. The van der Waals surface area contributed by atoms with Gasteiger partial charge in [-0.2, -0.15) is 0 Å². The topological polar surface area (TPSA) is 60.5 Å².